The van der Waals surface area contributed by atoms with Crippen molar-refractivity contribution in [3.63, 3.8) is 0 Å². The zero-order valence-corrected chi connectivity index (χ0v) is 27.3. The summed E-state index contributed by atoms with van der Waals surface area (Å²) in [5.74, 6) is 2.02. The van der Waals surface area contributed by atoms with Crippen LogP contribution in [0, 0.1) is 0 Å². The molecule has 3 heteroatoms. The molecule has 3 nitrogen and oxygen atoms in total. The van der Waals surface area contributed by atoms with Gasteiger partial charge in [0, 0.05) is 67.7 Å². The lowest BCUT2D eigenvalue weighted by atomic mass is 9.71. The molecule has 0 bridgehead atoms. The Morgan fingerprint density at radius 2 is 1.47 bits per heavy atom. The number of aromatic nitrogens is 2. The first-order valence-electron chi connectivity index (χ1n) is 17.9. The maximum Gasteiger partial charge on any atom is 0.130 e. The summed E-state index contributed by atoms with van der Waals surface area (Å²) in [6.07, 6.45) is 22.2. The van der Waals surface area contributed by atoms with E-state index in [9.17, 15) is 0 Å². The van der Waals surface area contributed by atoms with Crippen molar-refractivity contribution >= 4 is 56.5 Å². The Morgan fingerprint density at radius 3 is 2.35 bits per heavy atom. The van der Waals surface area contributed by atoms with Gasteiger partial charge in [-0.25, -0.2) is 0 Å². The number of furan rings is 1. The Morgan fingerprint density at radius 1 is 0.673 bits per heavy atom. The second kappa shape index (κ2) is 10.5. The second-order valence-electron chi connectivity index (χ2n) is 14.2. The summed E-state index contributed by atoms with van der Waals surface area (Å²) in [5, 5.41) is 5.32. The molecule has 4 aliphatic rings. The first-order chi connectivity index (χ1) is 24.3. The molecule has 4 aliphatic carbocycles. The summed E-state index contributed by atoms with van der Waals surface area (Å²) in [6.45, 7) is 0. The van der Waals surface area contributed by atoms with Crippen molar-refractivity contribution in [2.75, 3.05) is 0 Å². The van der Waals surface area contributed by atoms with Gasteiger partial charge in [-0.2, -0.15) is 0 Å². The van der Waals surface area contributed by atoms with Gasteiger partial charge in [0.25, 0.3) is 0 Å². The van der Waals surface area contributed by atoms with E-state index in [1.807, 2.05) is 0 Å². The van der Waals surface area contributed by atoms with Crippen molar-refractivity contribution in [2.45, 2.75) is 50.0 Å². The molecule has 3 unspecified atom stereocenters. The van der Waals surface area contributed by atoms with E-state index in [-0.39, 0.29) is 6.04 Å². The van der Waals surface area contributed by atoms with Gasteiger partial charge in [-0.15, -0.1) is 0 Å². The molecule has 3 heterocycles. The largest absolute Gasteiger partial charge is 0.461 e. The monoisotopic (exact) mass is 632 g/mol. The van der Waals surface area contributed by atoms with Gasteiger partial charge in [-0.3, -0.25) is 0 Å². The van der Waals surface area contributed by atoms with Gasteiger partial charge in [0.15, 0.2) is 0 Å². The number of para-hydroxylation sites is 3. The molecule has 0 amide bonds. The number of fused-ring (bicyclic) bond motifs is 12. The predicted octanol–water partition coefficient (Wildman–Crippen LogP) is 10.1. The SMILES string of the molecule is C1=CC(n2c3c(c4ccccc42)C=CC2c4c(oc5c4=CCCC=5)CCC32)CC=C1c1ccc2c(c1)c1ccccc1n2-c1ccccc1. The minimum absolute atomic E-state index is 0.271. The Labute approximate surface area is 285 Å². The third kappa shape index (κ3) is 3.96. The quantitative estimate of drug-likeness (QED) is 0.190. The van der Waals surface area contributed by atoms with Crippen molar-refractivity contribution in [3.8, 4) is 5.69 Å². The smallest absolute Gasteiger partial charge is 0.130 e. The number of hydrogen-bond acceptors (Lipinski definition) is 1. The lowest BCUT2D eigenvalue weighted by molar-refractivity contribution is 0.412. The van der Waals surface area contributed by atoms with Crippen LogP contribution in [0.15, 0.2) is 126 Å². The fourth-order valence-electron chi connectivity index (χ4n) is 9.53. The first kappa shape index (κ1) is 27.4. The molecular weight excluding hydrogens is 597 g/mol. The van der Waals surface area contributed by atoms with Gasteiger partial charge in [0.2, 0.25) is 0 Å². The van der Waals surface area contributed by atoms with Crippen molar-refractivity contribution in [3.05, 3.63) is 160 Å². The molecule has 0 spiro atoms. The number of allylic oxidation sites excluding steroid dienone is 5. The van der Waals surface area contributed by atoms with Crippen molar-refractivity contribution < 1.29 is 4.42 Å². The van der Waals surface area contributed by atoms with E-state index in [1.54, 1.807) is 0 Å². The van der Waals surface area contributed by atoms with Crippen LogP contribution in [-0.2, 0) is 6.42 Å². The number of nitrogens with zero attached hydrogens (tertiary/aromatic N) is 2. The maximum absolute atomic E-state index is 6.45. The van der Waals surface area contributed by atoms with Gasteiger partial charge in [-0.05, 0) is 79.3 Å². The van der Waals surface area contributed by atoms with Gasteiger partial charge >= 0.3 is 0 Å². The minimum atomic E-state index is 0.271. The summed E-state index contributed by atoms with van der Waals surface area (Å²) >= 11 is 0. The van der Waals surface area contributed by atoms with E-state index in [2.05, 4.69) is 149 Å². The second-order valence-corrected chi connectivity index (χ2v) is 14.2. The molecule has 3 aromatic heterocycles. The molecule has 11 rings (SSSR count). The van der Waals surface area contributed by atoms with Gasteiger partial charge < -0.3 is 13.6 Å². The molecule has 236 valence electrons. The summed E-state index contributed by atoms with van der Waals surface area (Å²) in [5.41, 5.74) is 13.1. The highest BCUT2D eigenvalue weighted by molar-refractivity contribution is 6.10. The number of aryl methyl sites for hydroxylation is 1. The third-order valence-corrected chi connectivity index (χ3v) is 11.6. The van der Waals surface area contributed by atoms with E-state index in [4.69, 9.17) is 4.42 Å². The summed E-state index contributed by atoms with van der Waals surface area (Å²) in [6, 6.07) is 35.8. The molecule has 4 aromatic carbocycles. The lowest BCUT2D eigenvalue weighted by Gasteiger charge is -2.35. The number of rotatable bonds is 3. The summed E-state index contributed by atoms with van der Waals surface area (Å²) in [4.78, 5) is 0. The molecule has 7 aromatic rings. The first-order valence-corrected chi connectivity index (χ1v) is 17.9. The third-order valence-electron chi connectivity index (χ3n) is 11.6. The van der Waals surface area contributed by atoms with Gasteiger partial charge in [-0.1, -0.05) is 97.1 Å². The zero-order valence-electron chi connectivity index (χ0n) is 27.3. The van der Waals surface area contributed by atoms with E-state index in [1.165, 1.54) is 77.3 Å². The Bertz CT molecular complexity index is 2710. The highest BCUT2D eigenvalue weighted by Crippen LogP contribution is 2.50. The van der Waals surface area contributed by atoms with Crippen molar-refractivity contribution in [1.82, 2.24) is 9.13 Å². The van der Waals surface area contributed by atoms with Crippen LogP contribution in [0.25, 0.3) is 62.2 Å². The minimum Gasteiger partial charge on any atom is -0.461 e. The van der Waals surface area contributed by atoms with Crippen LogP contribution in [0.2, 0.25) is 0 Å². The fraction of sp³-hybridized carbons (Fsp3) is 0.174. The van der Waals surface area contributed by atoms with Gasteiger partial charge in [0.1, 0.15) is 11.2 Å². The standard InChI is InChI=1S/C46H36N2O/c1-2-10-31(11-3-1)47-40-15-7-5-13-34(40)39-28-30(20-26-42(39)47)29-18-21-32(22-19-29)48-41-16-8-4-12-33(41)36-24-23-35-37(46(36)48)25-27-44-45(35)38-14-6-9-17-43(38)49-44/h1-5,7-8,10-21,23-24,26,28,32,35,37H,6,9,22,25,27H2. The molecule has 0 saturated heterocycles. The maximum atomic E-state index is 6.45. The molecule has 0 saturated carbocycles. The van der Waals surface area contributed by atoms with Crippen LogP contribution in [0.1, 0.15) is 71.7 Å². The molecule has 0 radical (unpaired) electrons. The molecule has 0 aliphatic heterocycles. The lowest BCUT2D eigenvalue weighted by Crippen LogP contribution is -2.31. The van der Waals surface area contributed by atoms with Crippen LogP contribution >= 0.6 is 0 Å². The summed E-state index contributed by atoms with van der Waals surface area (Å²) in [7, 11) is 0. The van der Waals surface area contributed by atoms with Crippen LogP contribution < -0.4 is 10.6 Å². The molecular formula is C46H36N2O. The highest BCUT2D eigenvalue weighted by Gasteiger charge is 2.39. The molecule has 3 atom stereocenters. The average Bonchev–Trinajstić information content (AvgIpc) is 3.83. The Balaban J connectivity index is 0.991. The van der Waals surface area contributed by atoms with Crippen LogP contribution in [-0.4, -0.2) is 9.13 Å². The van der Waals surface area contributed by atoms with E-state index in [0.29, 0.717) is 11.8 Å². The zero-order chi connectivity index (χ0) is 32.1. The summed E-state index contributed by atoms with van der Waals surface area (Å²) < 4.78 is 11.5. The van der Waals surface area contributed by atoms with E-state index >= 15 is 0 Å². The molecule has 0 N–H and O–H groups in total. The molecule has 0 fully saturated rings. The van der Waals surface area contributed by atoms with Crippen LogP contribution in [0.3, 0.4) is 0 Å². The van der Waals surface area contributed by atoms with Gasteiger partial charge in [0.05, 0.1) is 17.1 Å². The van der Waals surface area contributed by atoms with E-state index < -0.39 is 0 Å². The number of hydrogen-bond donors (Lipinski definition) is 0. The van der Waals surface area contributed by atoms with Crippen LogP contribution in [0.4, 0.5) is 0 Å². The fourth-order valence-corrected chi connectivity index (χ4v) is 9.53. The topological polar surface area (TPSA) is 23.0 Å². The van der Waals surface area contributed by atoms with Crippen molar-refractivity contribution in [2.24, 2.45) is 0 Å². The number of benzene rings is 4. The Kier molecular flexibility index (Phi) is 5.86. The van der Waals surface area contributed by atoms with Crippen molar-refractivity contribution in [1.29, 1.82) is 0 Å². The van der Waals surface area contributed by atoms with Crippen LogP contribution in [0.5, 0.6) is 0 Å². The predicted molar refractivity (Wildman–Crippen MR) is 202 cm³/mol. The average molecular weight is 633 g/mol. The Hall–Kier alpha value is -5.54. The highest BCUT2D eigenvalue weighted by atomic mass is 16.3. The normalized spacial score (nSPS) is 20.7. The molecule has 49 heavy (non-hydrogen) atoms. The van der Waals surface area contributed by atoms with E-state index in [0.717, 1.165) is 37.5 Å².